The van der Waals surface area contributed by atoms with Crippen LogP contribution in [-0.2, 0) is 11.3 Å². The van der Waals surface area contributed by atoms with Crippen LogP contribution in [0.15, 0.2) is 54.7 Å². The quantitative estimate of drug-likeness (QED) is 0.585. The summed E-state index contributed by atoms with van der Waals surface area (Å²) in [7, 11) is 1.61. The summed E-state index contributed by atoms with van der Waals surface area (Å²) in [5, 5.41) is 9.92. The summed E-state index contributed by atoms with van der Waals surface area (Å²) in [4.78, 5) is 24.9. The predicted octanol–water partition coefficient (Wildman–Crippen LogP) is 3.36. The molecule has 2 aromatic carbocycles. The third-order valence-corrected chi connectivity index (χ3v) is 4.93. The molecule has 0 aliphatic heterocycles. The lowest BCUT2D eigenvalue weighted by atomic mass is 10.0. The van der Waals surface area contributed by atoms with Crippen LogP contribution >= 0.6 is 0 Å². The number of amides is 2. The van der Waals surface area contributed by atoms with Crippen molar-refractivity contribution < 1.29 is 14.3 Å². The Bertz CT molecular complexity index is 1040. The van der Waals surface area contributed by atoms with Crippen molar-refractivity contribution in [2.24, 2.45) is 0 Å². The highest BCUT2D eigenvalue weighted by molar-refractivity contribution is 5.97. The normalized spacial score (nSPS) is 10.7. The summed E-state index contributed by atoms with van der Waals surface area (Å²) in [6.07, 6.45) is 1.56. The molecule has 0 saturated heterocycles. The molecule has 2 N–H and O–H groups in total. The van der Waals surface area contributed by atoms with E-state index in [1.165, 1.54) is 0 Å². The van der Waals surface area contributed by atoms with Crippen molar-refractivity contribution in [3.8, 4) is 11.4 Å². The molecule has 0 aliphatic rings. The van der Waals surface area contributed by atoms with Crippen LogP contribution in [0.25, 0.3) is 5.69 Å². The summed E-state index contributed by atoms with van der Waals surface area (Å²) < 4.78 is 6.90. The van der Waals surface area contributed by atoms with Gasteiger partial charge in [-0.3, -0.25) is 9.59 Å². The molecule has 7 heteroatoms. The van der Waals surface area contributed by atoms with Gasteiger partial charge in [0.15, 0.2) is 0 Å². The highest BCUT2D eigenvalue weighted by Crippen LogP contribution is 2.23. The summed E-state index contributed by atoms with van der Waals surface area (Å²) >= 11 is 0. The van der Waals surface area contributed by atoms with Gasteiger partial charge in [-0.2, -0.15) is 5.10 Å². The number of ether oxygens (including phenoxy) is 1. The molecule has 7 nitrogen and oxygen atoms in total. The van der Waals surface area contributed by atoms with Crippen LogP contribution in [0.4, 0.5) is 0 Å². The molecule has 0 saturated carbocycles. The van der Waals surface area contributed by atoms with Crippen molar-refractivity contribution in [3.63, 3.8) is 0 Å². The van der Waals surface area contributed by atoms with Gasteiger partial charge in [0, 0.05) is 6.54 Å². The first-order valence-electron chi connectivity index (χ1n) is 10.2. The Morgan fingerprint density at radius 2 is 1.71 bits per heavy atom. The van der Waals surface area contributed by atoms with Gasteiger partial charge in [-0.15, -0.1) is 0 Å². The minimum absolute atomic E-state index is 0.0773. The van der Waals surface area contributed by atoms with E-state index in [4.69, 9.17) is 4.74 Å². The third-order valence-electron chi connectivity index (χ3n) is 4.93. The first-order chi connectivity index (χ1) is 14.9. The van der Waals surface area contributed by atoms with Crippen LogP contribution in [0.5, 0.6) is 5.75 Å². The second-order valence-corrected chi connectivity index (χ2v) is 7.65. The number of aromatic nitrogens is 2. The molecule has 0 unspecified atom stereocenters. The van der Waals surface area contributed by atoms with E-state index in [9.17, 15) is 9.59 Å². The second kappa shape index (κ2) is 9.93. The molecule has 31 heavy (non-hydrogen) atoms. The van der Waals surface area contributed by atoms with E-state index in [2.05, 4.69) is 15.7 Å². The van der Waals surface area contributed by atoms with Crippen molar-refractivity contribution >= 4 is 11.8 Å². The molecular weight excluding hydrogens is 392 g/mol. The Labute approximate surface area is 182 Å². The molecule has 0 spiro atoms. The Morgan fingerprint density at radius 3 is 2.32 bits per heavy atom. The van der Waals surface area contributed by atoms with Crippen molar-refractivity contribution in [1.82, 2.24) is 20.4 Å². The fraction of sp³-hybridized carbons (Fsp3) is 0.292. The van der Waals surface area contributed by atoms with Crippen molar-refractivity contribution in [2.75, 3.05) is 13.7 Å². The SMILES string of the molecule is COc1ccc(CNC(=O)CNC(=O)c2cnn(-c3ccc(C)cc3)c2C(C)C)cc1. The van der Waals surface area contributed by atoms with Gasteiger partial charge in [-0.25, -0.2) is 4.68 Å². The number of nitrogens with zero attached hydrogens (tertiary/aromatic N) is 2. The zero-order valence-electron chi connectivity index (χ0n) is 18.3. The molecule has 0 aliphatic carbocycles. The maximum atomic E-state index is 12.8. The highest BCUT2D eigenvalue weighted by Gasteiger charge is 2.21. The number of carbonyl (C=O) groups is 2. The predicted molar refractivity (Wildman–Crippen MR) is 120 cm³/mol. The van der Waals surface area contributed by atoms with E-state index in [-0.39, 0.29) is 24.3 Å². The van der Waals surface area contributed by atoms with E-state index in [1.54, 1.807) is 18.0 Å². The lowest BCUT2D eigenvalue weighted by Gasteiger charge is -2.13. The lowest BCUT2D eigenvalue weighted by molar-refractivity contribution is -0.120. The van der Waals surface area contributed by atoms with E-state index < -0.39 is 0 Å². The first-order valence-corrected chi connectivity index (χ1v) is 10.2. The van der Waals surface area contributed by atoms with Gasteiger partial charge in [0.1, 0.15) is 5.75 Å². The van der Waals surface area contributed by atoms with Crippen molar-refractivity contribution in [2.45, 2.75) is 33.2 Å². The molecule has 0 bridgehead atoms. The number of hydrogen-bond donors (Lipinski definition) is 2. The van der Waals surface area contributed by atoms with E-state index in [0.29, 0.717) is 12.1 Å². The maximum Gasteiger partial charge on any atom is 0.255 e. The molecular formula is C24H28N4O3. The molecule has 1 aromatic heterocycles. The number of nitrogens with one attached hydrogen (secondary N) is 2. The number of aryl methyl sites for hydroxylation is 1. The molecule has 0 radical (unpaired) electrons. The largest absolute Gasteiger partial charge is 0.497 e. The minimum Gasteiger partial charge on any atom is -0.497 e. The average molecular weight is 421 g/mol. The van der Waals surface area contributed by atoms with E-state index >= 15 is 0 Å². The number of rotatable bonds is 8. The van der Waals surface area contributed by atoms with Crippen LogP contribution < -0.4 is 15.4 Å². The molecule has 0 atom stereocenters. The van der Waals surface area contributed by atoms with Crippen LogP contribution in [0.2, 0.25) is 0 Å². The van der Waals surface area contributed by atoms with Gasteiger partial charge in [-0.1, -0.05) is 43.7 Å². The molecule has 1 heterocycles. The van der Waals surface area contributed by atoms with Crippen LogP contribution in [0.3, 0.4) is 0 Å². The number of methoxy groups -OCH3 is 1. The lowest BCUT2D eigenvalue weighted by Crippen LogP contribution is -2.36. The first kappa shape index (κ1) is 22.1. The number of benzene rings is 2. The van der Waals surface area contributed by atoms with Crippen molar-refractivity contribution in [3.05, 3.63) is 77.1 Å². The van der Waals surface area contributed by atoms with E-state index in [1.807, 2.05) is 69.3 Å². The third kappa shape index (κ3) is 5.51. The maximum absolute atomic E-state index is 12.8. The Morgan fingerprint density at radius 1 is 1.03 bits per heavy atom. The number of hydrogen-bond acceptors (Lipinski definition) is 4. The Kier molecular flexibility index (Phi) is 7.07. The topological polar surface area (TPSA) is 85.2 Å². The van der Waals surface area contributed by atoms with Gasteiger partial charge in [0.2, 0.25) is 5.91 Å². The molecule has 3 rings (SSSR count). The highest BCUT2D eigenvalue weighted by atomic mass is 16.5. The fourth-order valence-electron chi connectivity index (χ4n) is 3.24. The number of carbonyl (C=O) groups excluding carboxylic acids is 2. The van der Waals surface area contributed by atoms with Gasteiger partial charge in [0.05, 0.1) is 36.8 Å². The van der Waals surface area contributed by atoms with Crippen LogP contribution in [0.1, 0.15) is 46.9 Å². The standard InChI is InChI=1S/C24H28N4O3/c1-16(2)23-21(14-27-28(23)19-9-5-17(3)6-10-19)24(30)26-15-22(29)25-13-18-7-11-20(31-4)12-8-18/h5-12,14,16H,13,15H2,1-4H3,(H,25,29)(H,26,30). The minimum atomic E-state index is -0.318. The van der Waals surface area contributed by atoms with E-state index in [0.717, 1.165) is 28.3 Å². The second-order valence-electron chi connectivity index (χ2n) is 7.65. The van der Waals surface area contributed by atoms with Gasteiger partial charge >= 0.3 is 0 Å². The Balaban J connectivity index is 1.62. The van der Waals surface area contributed by atoms with Crippen LogP contribution in [0, 0.1) is 6.92 Å². The van der Waals surface area contributed by atoms with Gasteiger partial charge in [0.25, 0.3) is 5.91 Å². The summed E-state index contributed by atoms with van der Waals surface area (Å²) in [5.74, 6) is 0.255. The molecule has 162 valence electrons. The summed E-state index contributed by atoms with van der Waals surface area (Å²) in [6.45, 7) is 6.32. The van der Waals surface area contributed by atoms with Crippen LogP contribution in [-0.4, -0.2) is 35.2 Å². The summed E-state index contributed by atoms with van der Waals surface area (Å²) in [5.41, 5.74) is 4.27. The molecule has 0 fully saturated rings. The fourth-order valence-corrected chi connectivity index (χ4v) is 3.24. The monoisotopic (exact) mass is 420 g/mol. The van der Waals surface area contributed by atoms with Gasteiger partial charge in [-0.05, 0) is 42.7 Å². The average Bonchev–Trinajstić information content (AvgIpc) is 3.22. The van der Waals surface area contributed by atoms with Gasteiger partial charge < -0.3 is 15.4 Å². The summed E-state index contributed by atoms with van der Waals surface area (Å²) in [6, 6.07) is 15.4. The molecule has 2 amide bonds. The Hall–Kier alpha value is -3.61. The smallest absolute Gasteiger partial charge is 0.255 e. The zero-order chi connectivity index (χ0) is 22.4. The van der Waals surface area contributed by atoms with Crippen molar-refractivity contribution in [1.29, 1.82) is 0 Å². The zero-order valence-corrected chi connectivity index (χ0v) is 18.3. The molecule has 3 aromatic rings.